The van der Waals surface area contributed by atoms with Crippen LogP contribution in [0.2, 0.25) is 0 Å². The molecule has 1 fully saturated rings. The Labute approximate surface area is 112 Å². The summed E-state index contributed by atoms with van der Waals surface area (Å²) in [5, 5.41) is 9.53. The first kappa shape index (κ1) is 14.0. The molecule has 0 saturated heterocycles. The van der Waals surface area contributed by atoms with Crippen LogP contribution in [0.25, 0.3) is 0 Å². The second-order valence-corrected chi connectivity index (χ2v) is 8.17. The summed E-state index contributed by atoms with van der Waals surface area (Å²) in [5.74, 6) is 0. The van der Waals surface area contributed by atoms with Gasteiger partial charge in [-0.2, -0.15) is 0 Å². The Morgan fingerprint density at radius 2 is 2.00 bits per heavy atom. The van der Waals surface area contributed by atoms with Gasteiger partial charge in [0.1, 0.15) is 4.21 Å². The Kier molecular flexibility index (Phi) is 4.11. The normalized spacial score (nSPS) is 19.9. The van der Waals surface area contributed by atoms with Crippen molar-refractivity contribution in [3.63, 3.8) is 0 Å². The number of sulfonamides is 1. The van der Waals surface area contributed by atoms with Crippen molar-refractivity contribution in [1.29, 1.82) is 0 Å². The zero-order valence-electron chi connectivity index (χ0n) is 10.5. The van der Waals surface area contributed by atoms with Gasteiger partial charge in [-0.05, 0) is 31.9 Å². The number of aliphatic hydroxyl groups is 1. The lowest BCUT2D eigenvalue weighted by molar-refractivity contribution is 0.142. The van der Waals surface area contributed by atoms with Gasteiger partial charge in [-0.25, -0.2) is 13.1 Å². The van der Waals surface area contributed by atoms with E-state index < -0.39 is 15.6 Å². The van der Waals surface area contributed by atoms with Gasteiger partial charge in [0.05, 0.1) is 12.1 Å². The van der Waals surface area contributed by atoms with Crippen molar-refractivity contribution in [2.45, 2.75) is 48.8 Å². The zero-order valence-corrected chi connectivity index (χ0v) is 12.1. The van der Waals surface area contributed by atoms with E-state index in [0.717, 1.165) is 24.1 Å². The van der Waals surface area contributed by atoms with E-state index >= 15 is 0 Å². The molecule has 0 unspecified atom stereocenters. The van der Waals surface area contributed by atoms with Gasteiger partial charge >= 0.3 is 0 Å². The molecule has 102 valence electrons. The highest BCUT2D eigenvalue weighted by atomic mass is 32.2. The number of thiophene rings is 1. The van der Waals surface area contributed by atoms with Gasteiger partial charge in [0, 0.05) is 4.88 Å². The largest absolute Gasteiger partial charge is 0.394 e. The molecule has 18 heavy (non-hydrogen) atoms. The Bertz CT molecular complexity index is 501. The summed E-state index contributed by atoms with van der Waals surface area (Å²) in [6.45, 7) is 1.75. The summed E-state index contributed by atoms with van der Waals surface area (Å²) in [5.41, 5.74) is -0.658. The maximum Gasteiger partial charge on any atom is 0.250 e. The molecule has 0 atom stereocenters. The highest BCUT2D eigenvalue weighted by Crippen LogP contribution is 2.30. The number of nitrogens with one attached hydrogen (secondary N) is 1. The van der Waals surface area contributed by atoms with Crippen molar-refractivity contribution >= 4 is 21.4 Å². The lowest BCUT2D eigenvalue weighted by atomic mass is 9.83. The van der Waals surface area contributed by atoms with Crippen molar-refractivity contribution in [3.8, 4) is 0 Å². The lowest BCUT2D eigenvalue weighted by Crippen LogP contribution is -2.52. The molecule has 1 saturated carbocycles. The Morgan fingerprint density at radius 1 is 1.33 bits per heavy atom. The van der Waals surface area contributed by atoms with Crippen LogP contribution in [0.4, 0.5) is 0 Å². The summed E-state index contributed by atoms with van der Waals surface area (Å²) in [4.78, 5) is 0.970. The Balaban J connectivity index is 2.21. The average Bonchev–Trinajstić information content (AvgIpc) is 2.77. The predicted octanol–water partition coefficient (Wildman–Crippen LogP) is 2.03. The molecular formula is C12H19NO3S2. The van der Waals surface area contributed by atoms with Crippen LogP contribution >= 0.6 is 11.3 Å². The minimum Gasteiger partial charge on any atom is -0.394 e. The first-order valence-corrected chi connectivity index (χ1v) is 8.49. The van der Waals surface area contributed by atoms with Crippen molar-refractivity contribution in [2.75, 3.05) is 6.61 Å². The predicted molar refractivity (Wildman–Crippen MR) is 72.3 cm³/mol. The molecule has 6 heteroatoms. The van der Waals surface area contributed by atoms with E-state index in [1.54, 1.807) is 12.1 Å². The van der Waals surface area contributed by atoms with E-state index in [-0.39, 0.29) is 6.61 Å². The van der Waals surface area contributed by atoms with Crippen LogP contribution in [0, 0.1) is 6.92 Å². The lowest BCUT2D eigenvalue weighted by Gasteiger charge is -2.35. The third-order valence-corrected chi connectivity index (χ3v) is 6.52. The summed E-state index contributed by atoms with van der Waals surface area (Å²) in [6.07, 6.45) is 4.47. The molecule has 1 aromatic heterocycles. The summed E-state index contributed by atoms with van der Waals surface area (Å²) in [7, 11) is -3.50. The SMILES string of the molecule is Cc1ccc(S(=O)(=O)NC2(CO)CCCCC2)s1. The van der Waals surface area contributed by atoms with E-state index in [9.17, 15) is 13.5 Å². The molecule has 1 aromatic rings. The third-order valence-electron chi connectivity index (χ3n) is 3.44. The third kappa shape index (κ3) is 2.93. The number of hydrogen-bond donors (Lipinski definition) is 2. The maximum atomic E-state index is 12.3. The molecule has 0 amide bonds. The van der Waals surface area contributed by atoms with Crippen LogP contribution in [-0.4, -0.2) is 25.7 Å². The van der Waals surface area contributed by atoms with Gasteiger partial charge in [0.15, 0.2) is 0 Å². The van der Waals surface area contributed by atoms with Gasteiger partial charge in [-0.3, -0.25) is 0 Å². The Morgan fingerprint density at radius 3 is 2.50 bits per heavy atom. The van der Waals surface area contributed by atoms with E-state index in [1.807, 2.05) is 6.92 Å². The van der Waals surface area contributed by atoms with E-state index in [0.29, 0.717) is 17.1 Å². The van der Waals surface area contributed by atoms with E-state index in [2.05, 4.69) is 4.72 Å². The minimum atomic E-state index is -3.50. The van der Waals surface area contributed by atoms with Crippen molar-refractivity contribution in [3.05, 3.63) is 17.0 Å². The quantitative estimate of drug-likeness (QED) is 0.891. The average molecular weight is 289 g/mol. The van der Waals surface area contributed by atoms with Gasteiger partial charge in [0.25, 0.3) is 10.0 Å². The standard InChI is InChI=1S/C12H19NO3S2/c1-10-5-6-11(17-10)18(15,16)13-12(9-14)7-3-2-4-8-12/h5-6,13-14H,2-4,7-9H2,1H3. The maximum absolute atomic E-state index is 12.3. The molecule has 0 bridgehead atoms. The summed E-state index contributed by atoms with van der Waals surface area (Å²) in [6, 6.07) is 3.42. The molecule has 0 aromatic carbocycles. The van der Waals surface area contributed by atoms with Crippen LogP contribution < -0.4 is 4.72 Å². The molecule has 2 N–H and O–H groups in total. The van der Waals surface area contributed by atoms with Gasteiger partial charge in [-0.1, -0.05) is 19.3 Å². The summed E-state index contributed by atoms with van der Waals surface area (Å²) < 4.78 is 27.6. The molecule has 2 rings (SSSR count). The molecule has 4 nitrogen and oxygen atoms in total. The van der Waals surface area contributed by atoms with Crippen LogP contribution in [-0.2, 0) is 10.0 Å². The van der Waals surface area contributed by atoms with Crippen LogP contribution in [0.3, 0.4) is 0 Å². The number of aryl methyl sites for hydroxylation is 1. The molecule has 0 radical (unpaired) electrons. The first-order chi connectivity index (χ1) is 8.47. The van der Waals surface area contributed by atoms with Gasteiger partial charge in [0.2, 0.25) is 0 Å². The second-order valence-electron chi connectivity index (χ2n) is 4.97. The van der Waals surface area contributed by atoms with Crippen molar-refractivity contribution < 1.29 is 13.5 Å². The number of aliphatic hydroxyl groups excluding tert-OH is 1. The minimum absolute atomic E-state index is 0.128. The second kappa shape index (κ2) is 5.28. The smallest absolute Gasteiger partial charge is 0.250 e. The van der Waals surface area contributed by atoms with Gasteiger partial charge in [-0.15, -0.1) is 11.3 Å². The zero-order chi connectivity index (χ0) is 13.2. The summed E-state index contributed by atoms with van der Waals surface area (Å²) >= 11 is 1.26. The van der Waals surface area contributed by atoms with Crippen LogP contribution in [0.5, 0.6) is 0 Å². The fraction of sp³-hybridized carbons (Fsp3) is 0.667. The van der Waals surface area contributed by atoms with E-state index in [4.69, 9.17) is 0 Å². The van der Waals surface area contributed by atoms with Crippen LogP contribution in [0.15, 0.2) is 16.3 Å². The molecule has 0 spiro atoms. The molecule has 1 heterocycles. The molecule has 0 aliphatic heterocycles. The Hall–Kier alpha value is -0.430. The van der Waals surface area contributed by atoms with Crippen molar-refractivity contribution in [1.82, 2.24) is 4.72 Å². The highest BCUT2D eigenvalue weighted by Gasteiger charge is 2.36. The van der Waals surface area contributed by atoms with Crippen LogP contribution in [0.1, 0.15) is 37.0 Å². The van der Waals surface area contributed by atoms with E-state index in [1.165, 1.54) is 11.3 Å². The monoisotopic (exact) mass is 289 g/mol. The fourth-order valence-corrected chi connectivity index (χ4v) is 5.15. The van der Waals surface area contributed by atoms with Crippen molar-refractivity contribution in [2.24, 2.45) is 0 Å². The number of rotatable bonds is 4. The number of hydrogen-bond acceptors (Lipinski definition) is 4. The topological polar surface area (TPSA) is 66.4 Å². The van der Waals surface area contributed by atoms with Gasteiger partial charge < -0.3 is 5.11 Å². The molecule has 1 aliphatic carbocycles. The molecular weight excluding hydrogens is 270 g/mol. The highest BCUT2D eigenvalue weighted by molar-refractivity contribution is 7.91. The molecule has 1 aliphatic rings. The first-order valence-electron chi connectivity index (χ1n) is 6.19. The fourth-order valence-electron chi connectivity index (χ4n) is 2.41.